The summed E-state index contributed by atoms with van der Waals surface area (Å²) in [5, 5.41) is 11.1. The number of hydrogen-bond donors (Lipinski definition) is 2. The average Bonchev–Trinajstić information content (AvgIpc) is 2.15. The van der Waals surface area contributed by atoms with Gasteiger partial charge in [0.25, 0.3) is 0 Å². The zero-order valence-corrected chi connectivity index (χ0v) is 13.1. The van der Waals surface area contributed by atoms with Crippen LogP contribution in [-0.4, -0.2) is 11.1 Å². The Labute approximate surface area is 125 Å². The van der Waals surface area contributed by atoms with Gasteiger partial charge >= 0.3 is 0 Å². The molecule has 5 heteroatoms. The highest BCUT2D eigenvalue weighted by Gasteiger charge is 2.25. The first-order valence-corrected chi connectivity index (χ1v) is 6.36. The highest BCUT2D eigenvalue weighted by molar-refractivity contribution is 6.36. The van der Waals surface area contributed by atoms with Crippen molar-refractivity contribution in [1.29, 1.82) is 0 Å². The number of rotatable bonds is 3. The molecule has 0 aliphatic rings. The lowest BCUT2D eigenvalue weighted by Gasteiger charge is -2.29. The fraction of sp³-hybridized carbons (Fsp3) is 0.538. The van der Waals surface area contributed by atoms with Gasteiger partial charge in [-0.25, -0.2) is 0 Å². The Kier molecular flexibility index (Phi) is 6.97. The van der Waals surface area contributed by atoms with E-state index in [1.807, 2.05) is 20.8 Å². The van der Waals surface area contributed by atoms with Crippen LogP contribution < -0.4 is 5.73 Å². The molecule has 1 rings (SSSR count). The van der Waals surface area contributed by atoms with Crippen LogP contribution in [0.5, 0.6) is 0 Å². The minimum Gasteiger partial charge on any atom is -0.388 e. The van der Waals surface area contributed by atoms with Gasteiger partial charge in [-0.3, -0.25) is 0 Å². The number of aliphatic hydroxyl groups is 1. The van der Waals surface area contributed by atoms with Crippen molar-refractivity contribution in [2.24, 2.45) is 11.1 Å². The first-order chi connectivity index (χ1) is 7.73. The second kappa shape index (κ2) is 6.97. The minimum absolute atomic E-state index is 0. The van der Waals surface area contributed by atoms with E-state index in [2.05, 4.69) is 0 Å². The number of benzene rings is 1. The first-order valence-electron chi connectivity index (χ1n) is 5.61. The zero-order chi connectivity index (χ0) is 13.2. The van der Waals surface area contributed by atoms with E-state index >= 15 is 0 Å². The highest BCUT2D eigenvalue weighted by Crippen LogP contribution is 2.34. The second-order valence-corrected chi connectivity index (χ2v) is 6.17. The van der Waals surface area contributed by atoms with Gasteiger partial charge in [-0.1, -0.05) is 50.0 Å². The normalized spacial score (nSPS) is 14.8. The highest BCUT2D eigenvalue weighted by atomic mass is 35.5. The van der Waals surface area contributed by atoms with Gasteiger partial charge in [-0.2, -0.15) is 0 Å². The van der Waals surface area contributed by atoms with Crippen molar-refractivity contribution in [3.8, 4) is 0 Å². The van der Waals surface area contributed by atoms with Crippen molar-refractivity contribution in [2.45, 2.75) is 39.3 Å². The Hall–Kier alpha value is 0.01000. The predicted molar refractivity (Wildman–Crippen MR) is 80.7 cm³/mol. The molecule has 0 aliphatic carbocycles. The third-order valence-electron chi connectivity index (χ3n) is 2.92. The Morgan fingerprint density at radius 2 is 1.67 bits per heavy atom. The molecule has 0 aliphatic heterocycles. The number of hydrogen-bond acceptors (Lipinski definition) is 2. The maximum atomic E-state index is 10.2. The maximum Gasteiger partial charge on any atom is 0.0834 e. The maximum absolute atomic E-state index is 10.2. The number of aliphatic hydroxyl groups excluding tert-OH is 1. The molecule has 2 nitrogen and oxygen atoms in total. The fourth-order valence-electron chi connectivity index (χ4n) is 1.54. The Bertz CT molecular complexity index is 370. The molecule has 2 atom stereocenters. The van der Waals surface area contributed by atoms with Crippen LogP contribution in [0.2, 0.25) is 10.0 Å². The van der Waals surface area contributed by atoms with Gasteiger partial charge in [0.2, 0.25) is 0 Å². The molecule has 0 aromatic heterocycles. The molecule has 0 spiro atoms. The molecule has 0 saturated heterocycles. The van der Waals surface area contributed by atoms with Crippen molar-refractivity contribution in [2.75, 3.05) is 0 Å². The summed E-state index contributed by atoms with van der Waals surface area (Å²) in [5.74, 6) is 0. The van der Waals surface area contributed by atoms with Crippen LogP contribution in [0.1, 0.15) is 38.9 Å². The van der Waals surface area contributed by atoms with Crippen molar-refractivity contribution in [3.05, 3.63) is 33.8 Å². The SMILES string of the molecule is CC(C)(C)[C@H](N)C[C@@H](O)c1c(Cl)cccc1Cl.Cl. The summed E-state index contributed by atoms with van der Waals surface area (Å²) in [4.78, 5) is 0. The van der Waals surface area contributed by atoms with E-state index in [1.54, 1.807) is 18.2 Å². The largest absolute Gasteiger partial charge is 0.388 e. The molecule has 0 unspecified atom stereocenters. The van der Waals surface area contributed by atoms with Gasteiger partial charge in [0.05, 0.1) is 6.10 Å². The molecule has 104 valence electrons. The third-order valence-corrected chi connectivity index (χ3v) is 3.58. The lowest BCUT2D eigenvalue weighted by atomic mass is 9.83. The van der Waals surface area contributed by atoms with Crippen molar-refractivity contribution < 1.29 is 5.11 Å². The molecule has 0 heterocycles. The van der Waals surface area contributed by atoms with Gasteiger partial charge in [-0.15, -0.1) is 12.4 Å². The van der Waals surface area contributed by atoms with Gasteiger partial charge in [0.15, 0.2) is 0 Å². The molecule has 18 heavy (non-hydrogen) atoms. The van der Waals surface area contributed by atoms with Crippen LogP contribution in [0.3, 0.4) is 0 Å². The van der Waals surface area contributed by atoms with Gasteiger partial charge in [0.1, 0.15) is 0 Å². The smallest absolute Gasteiger partial charge is 0.0834 e. The fourth-order valence-corrected chi connectivity index (χ4v) is 2.19. The van der Waals surface area contributed by atoms with Crippen LogP contribution in [0.25, 0.3) is 0 Å². The average molecular weight is 313 g/mol. The Balaban J connectivity index is 0.00000289. The number of halogens is 3. The summed E-state index contributed by atoms with van der Waals surface area (Å²) >= 11 is 12.1. The number of nitrogens with two attached hydrogens (primary N) is 1. The van der Waals surface area contributed by atoms with Crippen LogP contribution in [-0.2, 0) is 0 Å². The Morgan fingerprint density at radius 1 is 1.22 bits per heavy atom. The van der Waals surface area contributed by atoms with Gasteiger partial charge < -0.3 is 10.8 Å². The first kappa shape index (κ1) is 18.0. The molecule has 0 amide bonds. The van der Waals surface area contributed by atoms with E-state index < -0.39 is 6.10 Å². The van der Waals surface area contributed by atoms with Gasteiger partial charge in [0, 0.05) is 21.7 Å². The van der Waals surface area contributed by atoms with E-state index in [0.29, 0.717) is 22.0 Å². The quantitative estimate of drug-likeness (QED) is 0.878. The summed E-state index contributed by atoms with van der Waals surface area (Å²) in [6.45, 7) is 6.12. The monoisotopic (exact) mass is 311 g/mol. The van der Waals surface area contributed by atoms with E-state index in [4.69, 9.17) is 28.9 Å². The van der Waals surface area contributed by atoms with E-state index in [9.17, 15) is 5.11 Å². The third kappa shape index (κ3) is 4.60. The minimum atomic E-state index is -0.731. The standard InChI is InChI=1S/C13H19Cl2NO.ClH/c1-13(2,3)11(16)7-10(17)12-8(14)5-4-6-9(12)15;/h4-6,10-11,17H,7,16H2,1-3H3;1H/t10-,11-;/m1./s1. The van der Waals surface area contributed by atoms with E-state index in [1.165, 1.54) is 0 Å². The van der Waals surface area contributed by atoms with Crippen molar-refractivity contribution in [1.82, 2.24) is 0 Å². The summed E-state index contributed by atoms with van der Waals surface area (Å²) in [5.41, 5.74) is 6.55. The van der Waals surface area contributed by atoms with E-state index in [-0.39, 0.29) is 23.9 Å². The molecular formula is C13H20Cl3NO. The molecular weight excluding hydrogens is 293 g/mol. The van der Waals surface area contributed by atoms with Crippen LogP contribution in [0, 0.1) is 5.41 Å². The summed E-state index contributed by atoms with van der Waals surface area (Å²) in [7, 11) is 0. The van der Waals surface area contributed by atoms with Gasteiger partial charge in [-0.05, 0) is 24.0 Å². The molecule has 0 radical (unpaired) electrons. The lowest BCUT2D eigenvalue weighted by molar-refractivity contribution is 0.133. The Morgan fingerprint density at radius 3 is 2.06 bits per heavy atom. The molecule has 1 aromatic carbocycles. The summed E-state index contributed by atoms with van der Waals surface area (Å²) in [6, 6.07) is 5.07. The molecule has 0 bridgehead atoms. The predicted octanol–water partition coefficient (Wildman–Crippen LogP) is 4.21. The molecule has 0 saturated carbocycles. The molecule has 3 N–H and O–H groups in total. The van der Waals surface area contributed by atoms with Crippen LogP contribution in [0.4, 0.5) is 0 Å². The second-order valence-electron chi connectivity index (χ2n) is 5.36. The van der Waals surface area contributed by atoms with Crippen molar-refractivity contribution in [3.63, 3.8) is 0 Å². The summed E-state index contributed by atoms with van der Waals surface area (Å²) < 4.78 is 0. The van der Waals surface area contributed by atoms with E-state index in [0.717, 1.165) is 0 Å². The summed E-state index contributed by atoms with van der Waals surface area (Å²) in [6.07, 6.45) is -0.294. The van der Waals surface area contributed by atoms with Crippen molar-refractivity contribution >= 4 is 35.6 Å². The zero-order valence-electron chi connectivity index (χ0n) is 10.8. The lowest BCUT2D eigenvalue weighted by Crippen LogP contribution is -2.36. The van der Waals surface area contributed by atoms with Crippen LogP contribution in [0.15, 0.2) is 18.2 Å². The molecule has 0 fully saturated rings. The van der Waals surface area contributed by atoms with Crippen LogP contribution >= 0.6 is 35.6 Å². The molecule has 1 aromatic rings. The topological polar surface area (TPSA) is 46.2 Å².